The SMILES string of the molecule is Ic1cc2c(s1)CCCC2Nc1cccc2cnccc12. The second-order valence-corrected chi connectivity index (χ2v) is 8.45. The maximum absolute atomic E-state index is 4.21. The van der Waals surface area contributed by atoms with Gasteiger partial charge in [0.15, 0.2) is 0 Å². The number of benzene rings is 1. The number of halogens is 1. The summed E-state index contributed by atoms with van der Waals surface area (Å²) in [6.07, 6.45) is 7.52. The van der Waals surface area contributed by atoms with Crippen LogP contribution in [0.15, 0.2) is 42.7 Å². The van der Waals surface area contributed by atoms with Crippen molar-refractivity contribution < 1.29 is 0 Å². The van der Waals surface area contributed by atoms with Gasteiger partial charge in [0.1, 0.15) is 0 Å². The first-order valence-corrected chi connectivity index (χ1v) is 9.08. The highest BCUT2D eigenvalue weighted by atomic mass is 127. The summed E-state index contributed by atoms with van der Waals surface area (Å²) in [6, 6.07) is 11.3. The predicted octanol–water partition coefficient (Wildman–Crippen LogP) is 5.39. The van der Waals surface area contributed by atoms with Gasteiger partial charge < -0.3 is 5.32 Å². The van der Waals surface area contributed by atoms with Crippen LogP contribution in [-0.4, -0.2) is 4.98 Å². The van der Waals surface area contributed by atoms with Crippen molar-refractivity contribution in [1.82, 2.24) is 4.98 Å². The lowest BCUT2D eigenvalue weighted by Gasteiger charge is -2.25. The highest BCUT2D eigenvalue weighted by Gasteiger charge is 2.22. The van der Waals surface area contributed by atoms with Crippen molar-refractivity contribution in [2.24, 2.45) is 0 Å². The third-order valence-corrected chi connectivity index (χ3v) is 6.07. The van der Waals surface area contributed by atoms with Crippen LogP contribution in [0.4, 0.5) is 5.69 Å². The van der Waals surface area contributed by atoms with E-state index in [2.05, 4.69) is 63.2 Å². The molecule has 1 atom stereocenters. The molecule has 2 nitrogen and oxygen atoms in total. The highest BCUT2D eigenvalue weighted by Crippen LogP contribution is 2.39. The van der Waals surface area contributed by atoms with Crippen molar-refractivity contribution in [2.45, 2.75) is 25.3 Å². The number of aromatic nitrogens is 1. The molecule has 2 heterocycles. The number of anilines is 1. The summed E-state index contributed by atoms with van der Waals surface area (Å²) in [5.41, 5.74) is 2.72. The first-order valence-electron chi connectivity index (χ1n) is 7.18. The van der Waals surface area contributed by atoms with E-state index < -0.39 is 0 Å². The van der Waals surface area contributed by atoms with E-state index in [0.29, 0.717) is 6.04 Å². The highest BCUT2D eigenvalue weighted by molar-refractivity contribution is 14.1. The van der Waals surface area contributed by atoms with Crippen LogP contribution in [0.3, 0.4) is 0 Å². The molecule has 1 aliphatic rings. The van der Waals surface area contributed by atoms with E-state index in [1.54, 1.807) is 4.88 Å². The molecule has 2 aromatic heterocycles. The van der Waals surface area contributed by atoms with Crippen molar-refractivity contribution in [2.75, 3.05) is 5.32 Å². The minimum absolute atomic E-state index is 0.437. The molecule has 0 aliphatic heterocycles. The number of fused-ring (bicyclic) bond motifs is 2. The fourth-order valence-electron chi connectivity index (χ4n) is 3.11. The Kier molecular flexibility index (Phi) is 3.59. The van der Waals surface area contributed by atoms with Crippen LogP contribution in [-0.2, 0) is 6.42 Å². The standard InChI is InChI=1S/C17H15IN2S/c18-17-9-13-15(5-2-6-16(13)21-17)20-14-4-1-3-11-10-19-8-7-12(11)14/h1,3-4,7-10,15,20H,2,5-6H2. The summed E-state index contributed by atoms with van der Waals surface area (Å²) in [6.45, 7) is 0. The molecule has 0 radical (unpaired) electrons. The molecular formula is C17H15IN2S. The number of hydrogen-bond acceptors (Lipinski definition) is 3. The van der Waals surface area contributed by atoms with E-state index in [0.717, 1.165) is 0 Å². The van der Waals surface area contributed by atoms with Crippen LogP contribution in [0.2, 0.25) is 0 Å². The molecule has 0 saturated heterocycles. The van der Waals surface area contributed by atoms with Crippen molar-refractivity contribution >= 4 is 50.4 Å². The van der Waals surface area contributed by atoms with Gasteiger partial charge in [-0.25, -0.2) is 0 Å². The lowest BCUT2D eigenvalue weighted by Crippen LogP contribution is -2.15. The van der Waals surface area contributed by atoms with Crippen molar-refractivity contribution in [3.63, 3.8) is 0 Å². The third kappa shape index (κ3) is 2.55. The number of nitrogens with zero attached hydrogens (tertiary/aromatic N) is 1. The molecule has 3 aromatic rings. The average Bonchev–Trinajstić information content (AvgIpc) is 2.89. The number of nitrogens with one attached hydrogen (secondary N) is 1. The molecule has 1 aromatic carbocycles. The van der Waals surface area contributed by atoms with E-state index in [9.17, 15) is 0 Å². The minimum Gasteiger partial charge on any atom is -0.378 e. The molecule has 4 rings (SSSR count). The van der Waals surface area contributed by atoms with E-state index in [-0.39, 0.29) is 0 Å². The first-order chi connectivity index (χ1) is 10.3. The lowest BCUT2D eigenvalue weighted by atomic mass is 9.93. The fraction of sp³-hybridized carbons (Fsp3) is 0.235. The monoisotopic (exact) mass is 406 g/mol. The molecule has 106 valence electrons. The van der Waals surface area contributed by atoms with Crippen LogP contribution >= 0.6 is 33.9 Å². The quantitative estimate of drug-likeness (QED) is 0.578. The van der Waals surface area contributed by atoms with Gasteiger partial charge in [0.2, 0.25) is 0 Å². The summed E-state index contributed by atoms with van der Waals surface area (Å²) in [5.74, 6) is 0. The second-order valence-electron chi connectivity index (χ2n) is 5.42. The van der Waals surface area contributed by atoms with E-state index in [4.69, 9.17) is 0 Å². The van der Waals surface area contributed by atoms with E-state index >= 15 is 0 Å². The Bertz CT molecular complexity index is 791. The zero-order chi connectivity index (χ0) is 14.2. The summed E-state index contributed by atoms with van der Waals surface area (Å²) < 4.78 is 1.40. The summed E-state index contributed by atoms with van der Waals surface area (Å²) >= 11 is 4.38. The number of rotatable bonds is 2. The molecule has 21 heavy (non-hydrogen) atoms. The zero-order valence-electron chi connectivity index (χ0n) is 11.5. The number of hydrogen-bond donors (Lipinski definition) is 1. The predicted molar refractivity (Wildman–Crippen MR) is 98.1 cm³/mol. The van der Waals surface area contributed by atoms with E-state index in [1.807, 2.05) is 23.7 Å². The van der Waals surface area contributed by atoms with Gasteiger partial charge >= 0.3 is 0 Å². The third-order valence-electron chi connectivity index (χ3n) is 4.09. The molecule has 1 unspecified atom stereocenters. The molecule has 0 fully saturated rings. The molecule has 0 amide bonds. The molecule has 4 heteroatoms. The molecule has 0 saturated carbocycles. The van der Waals surface area contributed by atoms with Gasteiger partial charge in [-0.05, 0) is 65.6 Å². The topological polar surface area (TPSA) is 24.9 Å². The normalized spacial score (nSPS) is 17.7. The minimum atomic E-state index is 0.437. The van der Waals surface area contributed by atoms with Gasteiger partial charge in [0.05, 0.1) is 8.93 Å². The van der Waals surface area contributed by atoms with Crippen LogP contribution in [0.1, 0.15) is 29.3 Å². The van der Waals surface area contributed by atoms with Gasteiger partial charge in [-0.2, -0.15) is 0 Å². The number of pyridine rings is 1. The Balaban J connectivity index is 1.73. The largest absolute Gasteiger partial charge is 0.378 e. The molecule has 0 bridgehead atoms. The van der Waals surface area contributed by atoms with Crippen molar-refractivity contribution in [3.05, 3.63) is 56.0 Å². The Labute approximate surface area is 141 Å². The van der Waals surface area contributed by atoms with Crippen molar-refractivity contribution in [1.29, 1.82) is 0 Å². The first kappa shape index (κ1) is 13.5. The maximum atomic E-state index is 4.21. The lowest BCUT2D eigenvalue weighted by molar-refractivity contribution is 0.609. The molecule has 1 N–H and O–H groups in total. The number of aryl methyl sites for hydroxylation is 1. The summed E-state index contributed by atoms with van der Waals surface area (Å²) in [7, 11) is 0. The van der Waals surface area contributed by atoms with Crippen LogP contribution < -0.4 is 5.32 Å². The maximum Gasteiger partial charge on any atom is 0.0660 e. The molecule has 0 spiro atoms. The Morgan fingerprint density at radius 2 is 2.24 bits per heavy atom. The fourth-order valence-corrected chi connectivity index (χ4v) is 5.23. The van der Waals surface area contributed by atoms with Gasteiger partial charge in [0, 0.05) is 33.7 Å². The van der Waals surface area contributed by atoms with Crippen LogP contribution in [0, 0.1) is 2.88 Å². The van der Waals surface area contributed by atoms with Gasteiger partial charge in [-0.1, -0.05) is 12.1 Å². The summed E-state index contributed by atoms with van der Waals surface area (Å²) in [4.78, 5) is 5.77. The molecular weight excluding hydrogens is 391 g/mol. The smallest absolute Gasteiger partial charge is 0.0660 e. The second kappa shape index (κ2) is 5.57. The molecule has 1 aliphatic carbocycles. The zero-order valence-corrected chi connectivity index (χ0v) is 14.4. The van der Waals surface area contributed by atoms with Gasteiger partial charge in [-0.15, -0.1) is 11.3 Å². The Hall–Kier alpha value is -1.14. The van der Waals surface area contributed by atoms with E-state index in [1.165, 1.54) is 44.2 Å². The van der Waals surface area contributed by atoms with Crippen LogP contribution in [0.5, 0.6) is 0 Å². The van der Waals surface area contributed by atoms with Crippen molar-refractivity contribution in [3.8, 4) is 0 Å². The Morgan fingerprint density at radius 3 is 3.19 bits per heavy atom. The van der Waals surface area contributed by atoms with Gasteiger partial charge in [0.25, 0.3) is 0 Å². The Morgan fingerprint density at radius 1 is 1.29 bits per heavy atom. The summed E-state index contributed by atoms with van der Waals surface area (Å²) in [5, 5.41) is 6.22. The van der Waals surface area contributed by atoms with Crippen LogP contribution in [0.25, 0.3) is 10.8 Å². The average molecular weight is 406 g/mol. The van der Waals surface area contributed by atoms with Gasteiger partial charge in [-0.3, -0.25) is 4.98 Å². The number of thiophene rings is 1.